The zero-order valence-corrected chi connectivity index (χ0v) is 10.0. The maximum absolute atomic E-state index is 5.73. The van der Waals surface area contributed by atoms with Crippen molar-refractivity contribution in [2.24, 2.45) is 0 Å². The van der Waals surface area contributed by atoms with Crippen LogP contribution in [0.1, 0.15) is 50.2 Å². The zero-order valence-electron chi connectivity index (χ0n) is 9.26. The van der Waals surface area contributed by atoms with Crippen LogP contribution in [-0.2, 0) is 0 Å². The molecule has 0 aliphatic heterocycles. The number of hydrogen-bond acceptors (Lipinski definition) is 0. The van der Waals surface area contributed by atoms with Crippen molar-refractivity contribution in [3.8, 4) is 0 Å². The number of benzene rings is 1. The first-order valence-electron chi connectivity index (χ1n) is 5.31. The predicted molar refractivity (Wildman–Crippen MR) is 64.3 cm³/mol. The van der Waals surface area contributed by atoms with Crippen molar-refractivity contribution in [3.63, 3.8) is 0 Å². The van der Waals surface area contributed by atoms with Crippen LogP contribution in [0.3, 0.4) is 0 Å². The Bertz CT molecular complexity index is 261. The highest BCUT2D eigenvalue weighted by Crippen LogP contribution is 2.22. The molecule has 0 spiro atoms. The van der Waals surface area contributed by atoms with Crippen LogP contribution < -0.4 is 0 Å². The molecule has 0 saturated carbocycles. The van der Waals surface area contributed by atoms with Crippen LogP contribution in [0, 0.1) is 0 Å². The molecule has 0 saturated heterocycles. The predicted octanol–water partition coefficient (Wildman–Crippen LogP) is 4.54. The topological polar surface area (TPSA) is 0 Å². The smallest absolute Gasteiger partial charge is 0.0229 e. The maximum atomic E-state index is 5.73. The van der Waals surface area contributed by atoms with Gasteiger partial charge in [0.05, 0.1) is 0 Å². The van der Waals surface area contributed by atoms with Gasteiger partial charge in [-0.25, -0.2) is 0 Å². The Balaban J connectivity index is 2.72. The molecule has 78 valence electrons. The van der Waals surface area contributed by atoms with E-state index in [0.717, 1.165) is 12.3 Å². The Morgan fingerprint density at radius 2 is 1.50 bits per heavy atom. The Kier molecular flexibility index (Phi) is 4.47. The van der Waals surface area contributed by atoms with Crippen molar-refractivity contribution in [3.05, 3.63) is 35.4 Å². The van der Waals surface area contributed by atoms with E-state index in [2.05, 4.69) is 45.0 Å². The van der Waals surface area contributed by atoms with Gasteiger partial charge in [0, 0.05) is 5.88 Å². The first-order valence-corrected chi connectivity index (χ1v) is 5.84. The second-order valence-corrected chi connectivity index (χ2v) is 4.58. The lowest BCUT2D eigenvalue weighted by Crippen LogP contribution is -1.95. The van der Waals surface area contributed by atoms with Gasteiger partial charge < -0.3 is 0 Å². The van der Waals surface area contributed by atoms with Gasteiger partial charge in [0.25, 0.3) is 0 Å². The molecule has 0 aliphatic rings. The van der Waals surface area contributed by atoms with Crippen LogP contribution in [0.2, 0.25) is 0 Å². The standard InChI is InChI=1S/C13H19Cl/c1-10(2)12-4-6-13(7-5-12)11(3)8-9-14/h4-7,10-11H,8-9H2,1-3H3. The summed E-state index contributed by atoms with van der Waals surface area (Å²) in [5, 5.41) is 0. The van der Waals surface area contributed by atoms with Gasteiger partial charge in [-0.05, 0) is 29.4 Å². The third-order valence-electron chi connectivity index (χ3n) is 2.71. The van der Waals surface area contributed by atoms with Gasteiger partial charge in [0.1, 0.15) is 0 Å². The molecule has 14 heavy (non-hydrogen) atoms. The largest absolute Gasteiger partial charge is 0.127 e. The molecule has 0 aliphatic carbocycles. The summed E-state index contributed by atoms with van der Waals surface area (Å²) in [5.41, 5.74) is 2.81. The summed E-state index contributed by atoms with van der Waals surface area (Å²) in [7, 11) is 0. The molecule has 0 radical (unpaired) electrons. The fraction of sp³-hybridized carbons (Fsp3) is 0.538. The minimum atomic E-state index is 0.578. The van der Waals surface area contributed by atoms with E-state index < -0.39 is 0 Å². The van der Waals surface area contributed by atoms with E-state index in [1.54, 1.807) is 0 Å². The molecule has 0 bridgehead atoms. The van der Waals surface area contributed by atoms with Gasteiger partial charge in [0.15, 0.2) is 0 Å². The first kappa shape index (κ1) is 11.6. The van der Waals surface area contributed by atoms with E-state index >= 15 is 0 Å². The summed E-state index contributed by atoms with van der Waals surface area (Å²) in [4.78, 5) is 0. The summed E-state index contributed by atoms with van der Waals surface area (Å²) in [6, 6.07) is 8.91. The fourth-order valence-electron chi connectivity index (χ4n) is 1.54. The summed E-state index contributed by atoms with van der Waals surface area (Å²) in [6.07, 6.45) is 1.06. The maximum Gasteiger partial charge on any atom is 0.0229 e. The Labute approximate surface area is 92.3 Å². The van der Waals surface area contributed by atoms with Crippen molar-refractivity contribution in [2.45, 2.75) is 39.0 Å². The molecule has 1 heteroatoms. The lowest BCUT2D eigenvalue weighted by molar-refractivity contribution is 0.736. The molecule has 0 fully saturated rings. The van der Waals surface area contributed by atoms with Gasteiger partial charge in [-0.1, -0.05) is 45.0 Å². The number of alkyl halides is 1. The van der Waals surface area contributed by atoms with Crippen molar-refractivity contribution in [1.29, 1.82) is 0 Å². The molecule has 1 atom stereocenters. The molecule has 0 aromatic heterocycles. The summed E-state index contributed by atoms with van der Waals surface area (Å²) in [6.45, 7) is 6.67. The minimum Gasteiger partial charge on any atom is -0.127 e. The molecule has 1 aromatic rings. The van der Waals surface area contributed by atoms with E-state index in [1.807, 2.05) is 0 Å². The second-order valence-electron chi connectivity index (χ2n) is 4.20. The van der Waals surface area contributed by atoms with Crippen LogP contribution in [0.25, 0.3) is 0 Å². The van der Waals surface area contributed by atoms with Crippen LogP contribution in [-0.4, -0.2) is 5.88 Å². The number of rotatable bonds is 4. The molecule has 0 amide bonds. The van der Waals surface area contributed by atoms with E-state index in [-0.39, 0.29) is 0 Å². The van der Waals surface area contributed by atoms with Gasteiger partial charge in [-0.2, -0.15) is 0 Å². The van der Waals surface area contributed by atoms with Crippen LogP contribution in [0.5, 0.6) is 0 Å². The molecule has 0 nitrogen and oxygen atoms in total. The molecular weight excluding hydrogens is 192 g/mol. The Morgan fingerprint density at radius 1 is 1.00 bits per heavy atom. The van der Waals surface area contributed by atoms with E-state index in [4.69, 9.17) is 11.6 Å². The van der Waals surface area contributed by atoms with Crippen LogP contribution in [0.4, 0.5) is 0 Å². The molecule has 0 heterocycles. The highest BCUT2D eigenvalue weighted by Gasteiger charge is 2.05. The van der Waals surface area contributed by atoms with E-state index in [0.29, 0.717) is 11.8 Å². The van der Waals surface area contributed by atoms with Gasteiger partial charge in [-0.3, -0.25) is 0 Å². The summed E-state index contributed by atoms with van der Waals surface area (Å²) < 4.78 is 0. The van der Waals surface area contributed by atoms with Gasteiger partial charge in [0.2, 0.25) is 0 Å². The van der Waals surface area contributed by atoms with Crippen LogP contribution >= 0.6 is 11.6 Å². The highest BCUT2D eigenvalue weighted by molar-refractivity contribution is 6.17. The van der Waals surface area contributed by atoms with Gasteiger partial charge >= 0.3 is 0 Å². The van der Waals surface area contributed by atoms with Crippen molar-refractivity contribution < 1.29 is 0 Å². The number of halogens is 1. The fourth-order valence-corrected chi connectivity index (χ4v) is 1.87. The quantitative estimate of drug-likeness (QED) is 0.640. The Morgan fingerprint density at radius 3 is 1.93 bits per heavy atom. The molecule has 1 unspecified atom stereocenters. The van der Waals surface area contributed by atoms with Gasteiger partial charge in [-0.15, -0.1) is 11.6 Å². The highest BCUT2D eigenvalue weighted by atomic mass is 35.5. The van der Waals surface area contributed by atoms with E-state index in [1.165, 1.54) is 11.1 Å². The average molecular weight is 211 g/mol. The molecule has 1 rings (SSSR count). The summed E-state index contributed by atoms with van der Waals surface area (Å²) >= 11 is 5.73. The van der Waals surface area contributed by atoms with Crippen molar-refractivity contribution in [1.82, 2.24) is 0 Å². The minimum absolute atomic E-state index is 0.578. The molecular formula is C13H19Cl. The molecule has 0 N–H and O–H groups in total. The van der Waals surface area contributed by atoms with E-state index in [9.17, 15) is 0 Å². The monoisotopic (exact) mass is 210 g/mol. The average Bonchev–Trinajstić information content (AvgIpc) is 2.18. The normalized spacial score (nSPS) is 13.2. The second kappa shape index (κ2) is 5.41. The van der Waals surface area contributed by atoms with Crippen molar-refractivity contribution in [2.75, 3.05) is 5.88 Å². The number of hydrogen-bond donors (Lipinski definition) is 0. The SMILES string of the molecule is CC(C)c1ccc(C(C)CCCl)cc1. The zero-order chi connectivity index (χ0) is 10.6. The lowest BCUT2D eigenvalue weighted by Gasteiger charge is -2.11. The summed E-state index contributed by atoms with van der Waals surface area (Å²) in [5.74, 6) is 1.94. The molecule has 1 aromatic carbocycles. The first-order chi connectivity index (χ1) is 6.65. The third-order valence-corrected chi connectivity index (χ3v) is 2.93. The third kappa shape index (κ3) is 3.02. The van der Waals surface area contributed by atoms with Crippen molar-refractivity contribution >= 4 is 11.6 Å². The Hall–Kier alpha value is -0.490. The van der Waals surface area contributed by atoms with Crippen LogP contribution in [0.15, 0.2) is 24.3 Å². The lowest BCUT2D eigenvalue weighted by atomic mass is 9.95.